The van der Waals surface area contributed by atoms with Crippen molar-refractivity contribution in [1.29, 1.82) is 0 Å². The summed E-state index contributed by atoms with van der Waals surface area (Å²) in [6, 6.07) is 9.10. The molecule has 0 aliphatic rings. The molecule has 0 fully saturated rings. The molecule has 0 atom stereocenters. The molecule has 128 valence electrons. The number of carbonyl (C=O) groups is 1. The van der Waals surface area contributed by atoms with Gasteiger partial charge in [-0.25, -0.2) is 19.4 Å². The van der Waals surface area contributed by atoms with Crippen LogP contribution in [0.3, 0.4) is 0 Å². The zero-order chi connectivity index (χ0) is 17.8. The van der Waals surface area contributed by atoms with Gasteiger partial charge in [-0.05, 0) is 26.0 Å². The molecular formula is C17H18N6O2. The Morgan fingerprint density at radius 3 is 2.52 bits per heavy atom. The van der Waals surface area contributed by atoms with Crippen molar-refractivity contribution >= 4 is 11.8 Å². The van der Waals surface area contributed by atoms with Crippen LogP contribution in [-0.4, -0.2) is 32.4 Å². The van der Waals surface area contributed by atoms with Crippen molar-refractivity contribution < 1.29 is 9.53 Å². The molecule has 0 aliphatic heterocycles. The van der Waals surface area contributed by atoms with Crippen LogP contribution in [0, 0.1) is 6.92 Å². The molecule has 2 amide bonds. The summed E-state index contributed by atoms with van der Waals surface area (Å²) < 4.78 is 6.89. The van der Waals surface area contributed by atoms with Gasteiger partial charge in [0.15, 0.2) is 0 Å². The molecule has 3 N–H and O–H groups in total. The highest BCUT2D eigenvalue weighted by Gasteiger charge is 2.18. The van der Waals surface area contributed by atoms with Gasteiger partial charge in [0.2, 0.25) is 0 Å². The number of nitrogens with one attached hydrogen (secondary N) is 1. The van der Waals surface area contributed by atoms with E-state index in [1.807, 2.05) is 44.2 Å². The predicted molar refractivity (Wildman–Crippen MR) is 93.7 cm³/mol. The van der Waals surface area contributed by atoms with Crippen molar-refractivity contribution in [2.24, 2.45) is 5.73 Å². The minimum atomic E-state index is -0.658. The summed E-state index contributed by atoms with van der Waals surface area (Å²) in [6.45, 7) is 4.21. The van der Waals surface area contributed by atoms with Gasteiger partial charge in [0.1, 0.15) is 11.5 Å². The second-order valence-electron chi connectivity index (χ2n) is 5.25. The van der Waals surface area contributed by atoms with E-state index in [1.54, 1.807) is 17.1 Å². The molecule has 0 radical (unpaired) electrons. The number of rotatable bonds is 5. The molecule has 1 aromatic carbocycles. The van der Waals surface area contributed by atoms with Gasteiger partial charge in [0, 0.05) is 23.5 Å². The van der Waals surface area contributed by atoms with Crippen molar-refractivity contribution in [1.82, 2.24) is 19.7 Å². The topological polar surface area (TPSA) is 108 Å². The van der Waals surface area contributed by atoms with Gasteiger partial charge < -0.3 is 10.5 Å². The van der Waals surface area contributed by atoms with E-state index in [0.717, 1.165) is 11.3 Å². The second kappa shape index (κ2) is 7.00. The molecule has 2 heterocycles. The van der Waals surface area contributed by atoms with Gasteiger partial charge in [-0.2, -0.15) is 5.10 Å². The highest BCUT2D eigenvalue weighted by atomic mass is 16.5. The first-order valence-corrected chi connectivity index (χ1v) is 7.77. The van der Waals surface area contributed by atoms with Gasteiger partial charge in [-0.3, -0.25) is 5.32 Å². The van der Waals surface area contributed by atoms with Crippen LogP contribution in [-0.2, 0) is 0 Å². The van der Waals surface area contributed by atoms with Gasteiger partial charge in [-0.15, -0.1) is 0 Å². The molecule has 3 aromatic rings. The number of anilines is 1. The molecule has 8 heteroatoms. The number of benzene rings is 1. The van der Waals surface area contributed by atoms with E-state index in [9.17, 15) is 4.79 Å². The minimum absolute atomic E-state index is 0.307. The van der Waals surface area contributed by atoms with E-state index >= 15 is 0 Å². The van der Waals surface area contributed by atoms with Crippen LogP contribution in [0.2, 0.25) is 0 Å². The predicted octanol–water partition coefficient (Wildman–Crippen LogP) is 2.53. The molecule has 25 heavy (non-hydrogen) atoms. The lowest BCUT2D eigenvalue weighted by Crippen LogP contribution is -2.21. The molecule has 8 nitrogen and oxygen atoms in total. The van der Waals surface area contributed by atoms with Crippen LogP contribution in [0.25, 0.3) is 16.9 Å². The van der Waals surface area contributed by atoms with Crippen LogP contribution < -0.4 is 15.8 Å². The Hall–Kier alpha value is -3.42. The highest BCUT2D eigenvalue weighted by molar-refractivity contribution is 5.89. The quantitative estimate of drug-likeness (QED) is 0.743. The molecular weight excluding hydrogens is 320 g/mol. The van der Waals surface area contributed by atoms with Crippen molar-refractivity contribution in [2.45, 2.75) is 13.8 Å². The van der Waals surface area contributed by atoms with E-state index in [2.05, 4.69) is 20.4 Å². The monoisotopic (exact) mass is 338 g/mol. The molecule has 0 bridgehead atoms. The normalized spacial score (nSPS) is 10.5. The average molecular weight is 338 g/mol. The zero-order valence-corrected chi connectivity index (χ0v) is 13.9. The molecule has 3 rings (SSSR count). The lowest BCUT2D eigenvalue weighted by molar-refractivity contribution is 0.259. The number of primary amides is 1. The van der Waals surface area contributed by atoms with E-state index in [-0.39, 0.29) is 0 Å². The Labute approximate surface area is 144 Å². The fourth-order valence-corrected chi connectivity index (χ4v) is 2.43. The van der Waals surface area contributed by atoms with Crippen molar-refractivity contribution in [3.8, 4) is 23.0 Å². The Kier molecular flexibility index (Phi) is 4.60. The summed E-state index contributed by atoms with van der Waals surface area (Å²) >= 11 is 0. The largest absolute Gasteiger partial charge is 0.464 e. The van der Waals surface area contributed by atoms with Crippen molar-refractivity contribution in [3.05, 3.63) is 48.3 Å². The zero-order valence-electron chi connectivity index (χ0n) is 13.9. The molecule has 0 spiro atoms. The molecule has 0 unspecified atom stereocenters. The smallest absolute Gasteiger partial charge is 0.317 e. The second-order valence-corrected chi connectivity index (χ2v) is 5.25. The molecule has 2 aromatic heterocycles. The fourth-order valence-electron chi connectivity index (χ4n) is 2.43. The SMILES string of the molecule is CCOc1ncc(-c2nn(-c3ccccc3)c(NC(N)=O)c2C)cn1. The van der Waals surface area contributed by atoms with E-state index in [1.165, 1.54) is 0 Å². The fraction of sp³-hybridized carbons (Fsp3) is 0.176. The van der Waals surface area contributed by atoms with Crippen LogP contribution in [0.5, 0.6) is 6.01 Å². The summed E-state index contributed by atoms with van der Waals surface area (Å²) in [5.41, 5.74) is 8.23. The number of aromatic nitrogens is 4. The number of ether oxygens (including phenoxy) is 1. The standard InChI is InChI=1S/C17H18N6O2/c1-3-25-17-19-9-12(10-20-17)14-11(2)15(21-16(18)24)23(22-14)13-7-5-4-6-8-13/h4-10H,3H2,1-2H3,(H3,18,21,24). The summed E-state index contributed by atoms with van der Waals surface area (Å²) in [7, 11) is 0. The van der Waals surface area contributed by atoms with Crippen LogP contribution in [0.4, 0.5) is 10.6 Å². The lowest BCUT2D eigenvalue weighted by Gasteiger charge is -2.07. The summed E-state index contributed by atoms with van der Waals surface area (Å²) in [4.78, 5) is 19.7. The third-order valence-corrected chi connectivity index (χ3v) is 3.54. The molecule has 0 saturated carbocycles. The minimum Gasteiger partial charge on any atom is -0.464 e. The first-order valence-electron chi connectivity index (χ1n) is 7.77. The van der Waals surface area contributed by atoms with Gasteiger partial charge in [-0.1, -0.05) is 18.2 Å². The van der Waals surface area contributed by atoms with Crippen LogP contribution in [0.1, 0.15) is 12.5 Å². The number of hydrogen-bond donors (Lipinski definition) is 2. The maximum Gasteiger partial charge on any atom is 0.317 e. The van der Waals surface area contributed by atoms with Crippen molar-refractivity contribution in [2.75, 3.05) is 11.9 Å². The number of hydrogen-bond acceptors (Lipinski definition) is 5. The molecule has 0 aliphatic carbocycles. The summed E-state index contributed by atoms with van der Waals surface area (Å²) in [6.07, 6.45) is 3.27. The Bertz CT molecular complexity index is 874. The number of carbonyl (C=O) groups excluding carboxylic acids is 1. The van der Waals surface area contributed by atoms with Crippen molar-refractivity contribution in [3.63, 3.8) is 0 Å². The third kappa shape index (κ3) is 3.42. The van der Waals surface area contributed by atoms with E-state index < -0.39 is 6.03 Å². The molecule has 0 saturated heterocycles. The third-order valence-electron chi connectivity index (χ3n) is 3.54. The Balaban J connectivity index is 2.08. The van der Waals surface area contributed by atoms with Gasteiger partial charge >= 0.3 is 12.0 Å². The van der Waals surface area contributed by atoms with E-state index in [4.69, 9.17) is 10.5 Å². The Morgan fingerprint density at radius 1 is 1.24 bits per heavy atom. The maximum atomic E-state index is 11.4. The number of amides is 2. The first-order chi connectivity index (χ1) is 12.1. The van der Waals surface area contributed by atoms with Gasteiger partial charge in [0.05, 0.1) is 12.3 Å². The lowest BCUT2D eigenvalue weighted by atomic mass is 10.1. The maximum absolute atomic E-state index is 11.4. The highest BCUT2D eigenvalue weighted by Crippen LogP contribution is 2.30. The van der Waals surface area contributed by atoms with E-state index in [0.29, 0.717) is 29.7 Å². The summed E-state index contributed by atoms with van der Waals surface area (Å²) in [5, 5.41) is 7.24. The number of para-hydroxylation sites is 1. The number of urea groups is 1. The Morgan fingerprint density at radius 2 is 1.92 bits per heavy atom. The average Bonchev–Trinajstić information content (AvgIpc) is 2.93. The number of nitrogens with two attached hydrogens (primary N) is 1. The first kappa shape index (κ1) is 16.4. The summed E-state index contributed by atoms with van der Waals surface area (Å²) in [5.74, 6) is 0.502. The van der Waals surface area contributed by atoms with Crippen LogP contribution >= 0.6 is 0 Å². The number of nitrogens with zero attached hydrogens (tertiary/aromatic N) is 4. The van der Waals surface area contributed by atoms with Crippen LogP contribution in [0.15, 0.2) is 42.7 Å². The van der Waals surface area contributed by atoms with Gasteiger partial charge in [0.25, 0.3) is 0 Å².